The van der Waals surface area contributed by atoms with E-state index in [1.165, 1.54) is 6.07 Å². The molecule has 0 bridgehead atoms. The maximum absolute atomic E-state index is 11.3. The van der Waals surface area contributed by atoms with Crippen molar-refractivity contribution in [1.82, 2.24) is 4.98 Å². The molecule has 1 aromatic rings. The maximum atomic E-state index is 11.3. The second kappa shape index (κ2) is 7.16. The topological polar surface area (TPSA) is 146 Å². The van der Waals surface area contributed by atoms with Crippen LogP contribution in [-0.4, -0.2) is 39.0 Å². The highest BCUT2D eigenvalue weighted by molar-refractivity contribution is 6.37. The van der Waals surface area contributed by atoms with Crippen molar-refractivity contribution in [3.63, 3.8) is 0 Å². The molecule has 0 saturated heterocycles. The minimum absolute atomic E-state index is 0.0186. The number of carboxylic acid groups (broad SMARTS) is 2. The molecule has 1 rings (SSSR count). The predicted molar refractivity (Wildman–Crippen MR) is 75.5 cm³/mol. The van der Waals surface area contributed by atoms with Gasteiger partial charge in [-0.05, 0) is 30.0 Å². The van der Waals surface area contributed by atoms with Crippen LogP contribution in [0.1, 0.15) is 25.0 Å². The number of hydrogen-bond acceptors (Lipinski definition) is 5. The summed E-state index contributed by atoms with van der Waals surface area (Å²) in [6, 6.07) is 1.48. The summed E-state index contributed by atoms with van der Waals surface area (Å²) in [5, 5.41) is 21.4. The van der Waals surface area contributed by atoms with E-state index < -0.39 is 23.8 Å². The van der Waals surface area contributed by atoms with E-state index in [0.717, 1.165) is 0 Å². The molecule has 0 spiro atoms. The maximum Gasteiger partial charge on any atom is 0.394 e. The number of aromatic nitrogens is 1. The molecule has 1 heterocycles. The lowest BCUT2D eigenvalue weighted by Crippen LogP contribution is -2.25. The van der Waals surface area contributed by atoms with Gasteiger partial charge in [0, 0.05) is 0 Å². The molecule has 0 fully saturated rings. The van der Waals surface area contributed by atoms with Gasteiger partial charge in [0.2, 0.25) is 0 Å². The second-order valence-electron chi connectivity index (χ2n) is 4.22. The number of amides is 2. The molecule has 0 aliphatic rings. The number of carboxylic acids is 2. The zero-order chi connectivity index (χ0) is 16.9. The smallest absolute Gasteiger partial charge is 0.394 e. The average Bonchev–Trinajstić information content (AvgIpc) is 2.46. The zero-order valence-electron chi connectivity index (χ0n) is 12.0. The van der Waals surface area contributed by atoms with Crippen LogP contribution in [0.4, 0.5) is 11.6 Å². The van der Waals surface area contributed by atoms with Gasteiger partial charge < -0.3 is 20.8 Å². The third kappa shape index (κ3) is 4.01. The Hall–Kier alpha value is -2.97. The van der Waals surface area contributed by atoms with Gasteiger partial charge in [-0.25, -0.2) is 14.6 Å². The second-order valence-corrected chi connectivity index (χ2v) is 4.22. The number of nitrogens with zero attached hydrogens (tertiary/aromatic N) is 1. The molecule has 0 aliphatic heterocycles. The number of aryl methyl sites for hydroxylation is 1. The van der Waals surface area contributed by atoms with E-state index in [2.05, 4.69) is 15.6 Å². The number of hydrogen-bond donors (Lipinski definition) is 4. The number of pyridine rings is 1. The lowest BCUT2D eigenvalue weighted by Gasteiger charge is -2.14. The normalized spacial score (nSPS) is 9.91. The Kier molecular flexibility index (Phi) is 5.56. The number of carbonyl (C=O) groups excluding carboxylic acids is 2. The van der Waals surface area contributed by atoms with Gasteiger partial charge in [0.25, 0.3) is 0 Å². The summed E-state index contributed by atoms with van der Waals surface area (Å²) in [5.41, 5.74) is 1.32. The Morgan fingerprint density at radius 3 is 2.00 bits per heavy atom. The van der Waals surface area contributed by atoms with Crippen LogP contribution in [0.25, 0.3) is 0 Å². The molecule has 0 aromatic carbocycles. The molecule has 0 aliphatic carbocycles. The first-order valence-corrected chi connectivity index (χ1v) is 6.41. The highest BCUT2D eigenvalue weighted by atomic mass is 16.4. The van der Waals surface area contributed by atoms with E-state index in [1.54, 1.807) is 6.92 Å². The number of rotatable bonds is 4. The monoisotopic (exact) mass is 309 g/mol. The van der Waals surface area contributed by atoms with Gasteiger partial charge in [0.05, 0.1) is 0 Å². The molecule has 0 saturated carbocycles. The Labute approximate surface area is 125 Å². The molecule has 4 N–H and O–H groups in total. The lowest BCUT2D eigenvalue weighted by atomic mass is 10.0. The van der Waals surface area contributed by atoms with E-state index in [4.69, 9.17) is 10.2 Å². The van der Waals surface area contributed by atoms with E-state index in [-0.39, 0.29) is 11.6 Å². The highest BCUT2D eigenvalue weighted by Gasteiger charge is 2.19. The lowest BCUT2D eigenvalue weighted by molar-refractivity contribution is -0.147. The molecule has 0 atom stereocenters. The van der Waals surface area contributed by atoms with Gasteiger partial charge in [-0.3, -0.25) is 9.59 Å². The van der Waals surface area contributed by atoms with Crippen molar-refractivity contribution in [2.24, 2.45) is 0 Å². The minimum Gasteiger partial charge on any atom is -0.474 e. The van der Waals surface area contributed by atoms with E-state index in [9.17, 15) is 19.2 Å². The van der Waals surface area contributed by atoms with Crippen LogP contribution in [0.15, 0.2) is 6.07 Å². The number of carbonyl (C=O) groups is 4. The van der Waals surface area contributed by atoms with Crippen LogP contribution in [0.3, 0.4) is 0 Å². The van der Waals surface area contributed by atoms with Gasteiger partial charge in [0.15, 0.2) is 0 Å². The van der Waals surface area contributed by atoms with E-state index >= 15 is 0 Å². The van der Waals surface area contributed by atoms with Crippen molar-refractivity contribution < 1.29 is 29.4 Å². The Morgan fingerprint density at radius 2 is 1.55 bits per heavy atom. The van der Waals surface area contributed by atoms with Crippen molar-refractivity contribution in [1.29, 1.82) is 0 Å². The summed E-state index contributed by atoms with van der Waals surface area (Å²) in [4.78, 5) is 47.5. The molecular weight excluding hydrogens is 294 g/mol. The van der Waals surface area contributed by atoms with E-state index in [0.29, 0.717) is 24.0 Å². The molecule has 22 heavy (non-hydrogen) atoms. The fourth-order valence-electron chi connectivity index (χ4n) is 1.83. The molecule has 0 radical (unpaired) electrons. The average molecular weight is 309 g/mol. The van der Waals surface area contributed by atoms with Crippen LogP contribution >= 0.6 is 0 Å². The Bertz CT molecular complexity index is 641. The molecular formula is C13H15N3O6. The van der Waals surface area contributed by atoms with Crippen LogP contribution < -0.4 is 10.6 Å². The molecule has 1 aromatic heterocycles. The summed E-state index contributed by atoms with van der Waals surface area (Å²) in [6.07, 6.45) is 0.996. The standard InChI is InChI=1S/C13H15N3O6/c1-3-6-5-8(15-10(17)12(19)20)14-9(7(6)4-2)16-11(18)13(21)22/h5H,3-4H2,1-2H3,(H,19,20)(H,21,22)(H2,14,15,16,17,18). The summed E-state index contributed by atoms with van der Waals surface area (Å²) in [5.74, 6) is -6.02. The van der Waals surface area contributed by atoms with Gasteiger partial charge in [-0.15, -0.1) is 0 Å². The van der Waals surface area contributed by atoms with Crippen LogP contribution in [0.5, 0.6) is 0 Å². The van der Waals surface area contributed by atoms with Crippen molar-refractivity contribution in [2.75, 3.05) is 10.6 Å². The highest BCUT2D eigenvalue weighted by Crippen LogP contribution is 2.23. The summed E-state index contributed by atoms with van der Waals surface area (Å²) >= 11 is 0. The third-order valence-electron chi connectivity index (χ3n) is 2.81. The Morgan fingerprint density at radius 1 is 1.00 bits per heavy atom. The quantitative estimate of drug-likeness (QED) is 0.583. The molecule has 0 unspecified atom stereocenters. The number of nitrogens with one attached hydrogen (secondary N) is 2. The molecule has 9 heteroatoms. The van der Waals surface area contributed by atoms with Crippen LogP contribution in [-0.2, 0) is 32.0 Å². The zero-order valence-corrected chi connectivity index (χ0v) is 12.0. The SMILES string of the molecule is CCc1cc(NC(=O)C(=O)O)nc(NC(=O)C(=O)O)c1CC. The summed E-state index contributed by atoms with van der Waals surface area (Å²) in [7, 11) is 0. The fraction of sp³-hybridized carbons (Fsp3) is 0.308. The minimum atomic E-state index is -1.68. The van der Waals surface area contributed by atoms with Crippen molar-refractivity contribution in [3.8, 4) is 0 Å². The fourth-order valence-corrected chi connectivity index (χ4v) is 1.83. The molecule has 118 valence electrons. The predicted octanol–water partition coefficient (Wildman–Crippen LogP) is 0.253. The first-order chi connectivity index (χ1) is 10.3. The van der Waals surface area contributed by atoms with E-state index in [1.807, 2.05) is 6.92 Å². The van der Waals surface area contributed by atoms with Gasteiger partial charge in [0.1, 0.15) is 11.6 Å². The van der Waals surface area contributed by atoms with Crippen molar-refractivity contribution in [3.05, 3.63) is 17.2 Å². The van der Waals surface area contributed by atoms with Crippen molar-refractivity contribution in [2.45, 2.75) is 26.7 Å². The number of aliphatic carboxylic acids is 2. The number of anilines is 2. The van der Waals surface area contributed by atoms with Gasteiger partial charge in [-0.1, -0.05) is 13.8 Å². The summed E-state index contributed by atoms with van der Waals surface area (Å²) < 4.78 is 0. The molecule has 2 amide bonds. The van der Waals surface area contributed by atoms with Gasteiger partial charge in [-0.2, -0.15) is 0 Å². The third-order valence-corrected chi connectivity index (χ3v) is 2.81. The van der Waals surface area contributed by atoms with Gasteiger partial charge >= 0.3 is 23.8 Å². The largest absolute Gasteiger partial charge is 0.474 e. The van der Waals surface area contributed by atoms with Crippen molar-refractivity contribution >= 4 is 35.4 Å². The Balaban J connectivity index is 3.26. The first-order valence-electron chi connectivity index (χ1n) is 6.41. The first kappa shape index (κ1) is 17.1. The van der Waals surface area contributed by atoms with Crippen LogP contribution in [0, 0.1) is 0 Å². The summed E-state index contributed by atoms with van der Waals surface area (Å²) in [6.45, 7) is 3.61. The molecule has 9 nitrogen and oxygen atoms in total. The van der Waals surface area contributed by atoms with Crippen LogP contribution in [0.2, 0.25) is 0 Å².